The average molecular weight is 535 g/mol. The number of rotatable bonds is 2. The first kappa shape index (κ1) is 24.8. The molecule has 2 aliphatic rings. The van der Waals surface area contributed by atoms with Crippen LogP contribution < -0.4 is 9.47 Å². The number of fused-ring (bicyclic) bond motifs is 2. The molecule has 8 heteroatoms. The monoisotopic (exact) mass is 534 g/mol. The van der Waals surface area contributed by atoms with Crippen molar-refractivity contribution in [1.82, 2.24) is 0 Å². The minimum atomic E-state index is -4.27. The summed E-state index contributed by atoms with van der Waals surface area (Å²) in [4.78, 5) is 3.53. The Morgan fingerprint density at radius 3 is 2.33 bits per heavy atom. The number of thiazole rings is 1. The molecule has 0 fully saturated rings. The van der Waals surface area contributed by atoms with E-state index in [1.165, 1.54) is 54.1 Å². The van der Waals surface area contributed by atoms with Crippen LogP contribution in [0.1, 0.15) is 23.4 Å². The van der Waals surface area contributed by atoms with Gasteiger partial charge in [-0.3, -0.25) is 0 Å². The molecule has 0 saturated carbocycles. The van der Waals surface area contributed by atoms with Crippen molar-refractivity contribution in [2.24, 2.45) is 7.05 Å². The summed E-state index contributed by atoms with van der Waals surface area (Å²) >= 11 is 3.81. The molecule has 0 saturated heterocycles. The van der Waals surface area contributed by atoms with Gasteiger partial charge in [0, 0.05) is 23.6 Å². The number of hydrogen-bond acceptors (Lipinski definition) is 6. The maximum Gasteiger partial charge on any atom is 0.265 e. The molecule has 0 N–H and O–H groups in total. The first-order chi connectivity index (χ1) is 17.2. The number of para-hydroxylation sites is 2. The summed E-state index contributed by atoms with van der Waals surface area (Å²) < 4.78 is 34.9. The fourth-order valence-electron chi connectivity index (χ4n) is 4.43. The van der Waals surface area contributed by atoms with E-state index in [2.05, 4.69) is 78.2 Å². The first-order valence-corrected chi connectivity index (χ1v) is 14.6. The quantitative estimate of drug-likeness (QED) is 0.224. The number of allylic oxidation sites excluding steroid dienone is 3. The van der Waals surface area contributed by atoms with Crippen LogP contribution in [-0.4, -0.2) is 20.0 Å². The molecule has 4 aromatic rings. The molecule has 0 atom stereocenters. The summed E-state index contributed by atoms with van der Waals surface area (Å²) in [6.07, 6.45) is 4.68. The molecule has 0 bridgehead atoms. The van der Waals surface area contributed by atoms with Crippen molar-refractivity contribution in [1.29, 1.82) is 0 Å². The van der Waals surface area contributed by atoms with Crippen LogP contribution >= 0.6 is 23.1 Å². The molecule has 5 nitrogen and oxygen atoms in total. The Bertz CT molecular complexity index is 1620. The Kier molecular flexibility index (Phi) is 6.78. The molecule has 184 valence electrons. The molecular formula is C28H26N2O3S3. The van der Waals surface area contributed by atoms with E-state index in [-0.39, 0.29) is 4.90 Å². The van der Waals surface area contributed by atoms with Gasteiger partial charge in [-0.1, -0.05) is 65.1 Å². The first-order valence-electron chi connectivity index (χ1n) is 11.6. The van der Waals surface area contributed by atoms with Gasteiger partial charge in [0.2, 0.25) is 5.52 Å². The topological polar surface area (TPSA) is 64.3 Å². The van der Waals surface area contributed by atoms with E-state index in [0.29, 0.717) is 0 Å². The van der Waals surface area contributed by atoms with Crippen molar-refractivity contribution in [3.05, 3.63) is 100 Å². The van der Waals surface area contributed by atoms with Gasteiger partial charge in [-0.25, -0.2) is 8.42 Å². The highest BCUT2D eigenvalue weighted by Gasteiger charge is 2.29. The Hall–Kier alpha value is -2.91. The second-order valence-electron chi connectivity index (χ2n) is 8.83. The molecule has 6 rings (SSSR count). The third kappa shape index (κ3) is 4.86. The summed E-state index contributed by atoms with van der Waals surface area (Å²) in [5.74, 6) is 0. The third-order valence-electron chi connectivity index (χ3n) is 6.35. The van der Waals surface area contributed by atoms with Crippen LogP contribution in [0, 0.1) is 6.92 Å². The predicted octanol–water partition coefficient (Wildman–Crippen LogP) is 6.26. The van der Waals surface area contributed by atoms with Crippen LogP contribution in [0.5, 0.6) is 0 Å². The maximum absolute atomic E-state index is 10.4. The number of hydrogen-bond donors (Lipinski definition) is 0. The molecule has 1 aliphatic carbocycles. The smallest absolute Gasteiger partial charge is 0.265 e. The van der Waals surface area contributed by atoms with Gasteiger partial charge in [0.25, 0.3) is 5.01 Å². The van der Waals surface area contributed by atoms with Crippen molar-refractivity contribution in [2.45, 2.75) is 29.6 Å². The number of anilines is 1. The highest BCUT2D eigenvalue weighted by atomic mass is 32.2. The van der Waals surface area contributed by atoms with Gasteiger partial charge in [0.05, 0.1) is 15.6 Å². The predicted molar refractivity (Wildman–Crippen MR) is 147 cm³/mol. The van der Waals surface area contributed by atoms with E-state index in [1.54, 1.807) is 12.1 Å². The van der Waals surface area contributed by atoms with Crippen molar-refractivity contribution in [3.8, 4) is 0 Å². The van der Waals surface area contributed by atoms with E-state index in [0.717, 1.165) is 18.4 Å². The van der Waals surface area contributed by atoms with Gasteiger partial charge in [-0.05, 0) is 61.7 Å². The minimum Gasteiger partial charge on any atom is -0.744 e. The summed E-state index contributed by atoms with van der Waals surface area (Å²) in [6, 6.07) is 23.1. The zero-order chi connectivity index (χ0) is 25.4. The fraction of sp³-hybridized carbons (Fsp3) is 0.179. The molecule has 0 spiro atoms. The lowest BCUT2D eigenvalue weighted by molar-refractivity contribution is -0.642. The van der Waals surface area contributed by atoms with Gasteiger partial charge in [0.15, 0.2) is 0 Å². The molecule has 2 heterocycles. The van der Waals surface area contributed by atoms with Crippen LogP contribution in [-0.2, 0) is 17.2 Å². The third-order valence-corrected chi connectivity index (χ3v) is 9.79. The normalized spacial score (nSPS) is 17.1. The number of thioether (sulfide) groups is 1. The maximum atomic E-state index is 10.4. The Balaban J connectivity index is 0.000000205. The second-order valence-corrected chi connectivity index (χ2v) is 12.3. The van der Waals surface area contributed by atoms with Gasteiger partial charge in [0.1, 0.15) is 21.9 Å². The van der Waals surface area contributed by atoms with Gasteiger partial charge in [-0.15, -0.1) is 0 Å². The molecule has 36 heavy (non-hydrogen) atoms. The van der Waals surface area contributed by atoms with Crippen molar-refractivity contribution >= 4 is 54.7 Å². The Morgan fingerprint density at radius 1 is 0.944 bits per heavy atom. The molecule has 0 radical (unpaired) electrons. The largest absolute Gasteiger partial charge is 0.744 e. The molecule has 0 unspecified atom stereocenters. The summed E-state index contributed by atoms with van der Waals surface area (Å²) in [7, 11) is 0.104. The number of aryl methyl sites for hydroxylation is 2. The lowest BCUT2D eigenvalue weighted by Gasteiger charge is -2.15. The Morgan fingerprint density at radius 2 is 1.64 bits per heavy atom. The summed E-state index contributed by atoms with van der Waals surface area (Å²) in [6.45, 7) is 1.82. The molecule has 1 aliphatic heterocycles. The molecule has 0 amide bonds. The van der Waals surface area contributed by atoms with Crippen molar-refractivity contribution in [2.75, 3.05) is 11.9 Å². The van der Waals surface area contributed by atoms with Gasteiger partial charge in [-0.2, -0.15) is 4.57 Å². The van der Waals surface area contributed by atoms with Crippen LogP contribution in [0.2, 0.25) is 0 Å². The minimum absolute atomic E-state index is 0.178. The van der Waals surface area contributed by atoms with Crippen LogP contribution in [0.4, 0.5) is 5.69 Å². The lowest BCUT2D eigenvalue weighted by Crippen LogP contribution is -2.30. The Labute approximate surface area is 220 Å². The number of aromatic nitrogens is 1. The van der Waals surface area contributed by atoms with E-state index in [4.69, 9.17) is 0 Å². The molecule has 3 aromatic carbocycles. The van der Waals surface area contributed by atoms with E-state index < -0.39 is 10.1 Å². The molecule has 1 aromatic heterocycles. The highest BCUT2D eigenvalue weighted by molar-refractivity contribution is 8.03. The zero-order valence-electron chi connectivity index (χ0n) is 20.3. The van der Waals surface area contributed by atoms with Gasteiger partial charge < -0.3 is 9.45 Å². The summed E-state index contributed by atoms with van der Waals surface area (Å²) in [5, 5.41) is 2.78. The fourth-order valence-corrected chi connectivity index (χ4v) is 7.29. The number of nitrogens with zero attached hydrogens (tertiary/aromatic N) is 2. The lowest BCUT2D eigenvalue weighted by atomic mass is 10.2. The summed E-state index contributed by atoms with van der Waals surface area (Å²) in [5.41, 5.74) is 6.51. The van der Waals surface area contributed by atoms with Crippen molar-refractivity contribution in [3.63, 3.8) is 0 Å². The van der Waals surface area contributed by atoms with Crippen LogP contribution in [0.15, 0.2) is 99.3 Å². The standard InChI is InChI=1S/C21H19N2S2.C7H8O3S/c1-22-16-7-3-5-9-18(16)24-20(22)14-11-12-15(13-14)21-23(2)17-8-4-6-10-19(17)25-21;1-6-2-4-7(5-3-6)11(8,9)10/h3-10,13H,11-12H2,1-2H3;2-5H,1H3,(H,8,9,10)/q+1;/p-1. The highest BCUT2D eigenvalue weighted by Crippen LogP contribution is 2.48. The van der Waals surface area contributed by atoms with Crippen LogP contribution in [0.3, 0.4) is 0 Å². The molecular weight excluding hydrogens is 509 g/mol. The van der Waals surface area contributed by atoms with E-state index >= 15 is 0 Å². The average Bonchev–Trinajstić information content (AvgIpc) is 3.56. The SMILES string of the molecule is CN1/C(=C2\C=C(c3sc4ccccc4[n+]3C)CC2)Sc2ccccc21.Cc1ccc(S(=O)(=O)[O-])cc1. The van der Waals surface area contributed by atoms with Crippen molar-refractivity contribution < 1.29 is 17.5 Å². The zero-order valence-corrected chi connectivity index (χ0v) is 22.7. The van der Waals surface area contributed by atoms with Gasteiger partial charge >= 0.3 is 0 Å². The van der Waals surface area contributed by atoms with Crippen LogP contribution in [0.25, 0.3) is 15.8 Å². The van der Waals surface area contributed by atoms with E-state index in [9.17, 15) is 13.0 Å². The number of benzene rings is 3. The van der Waals surface area contributed by atoms with E-state index in [1.807, 2.05) is 30.0 Å². The second kappa shape index (κ2) is 9.86.